The lowest BCUT2D eigenvalue weighted by atomic mass is 10.2. The Hall–Kier alpha value is -2.12. The Morgan fingerprint density at radius 2 is 1.76 bits per heavy atom. The summed E-state index contributed by atoms with van der Waals surface area (Å²) in [6.07, 6.45) is 0. The van der Waals surface area contributed by atoms with E-state index in [-0.39, 0.29) is 27.6 Å². The summed E-state index contributed by atoms with van der Waals surface area (Å²) in [5.41, 5.74) is 6.89. The van der Waals surface area contributed by atoms with Gasteiger partial charge in [-0.1, -0.05) is 6.07 Å². The first-order valence-electron chi connectivity index (χ1n) is 6.05. The number of nitrogen functional groups attached to an aromatic ring is 1. The van der Waals surface area contributed by atoms with Crippen molar-refractivity contribution in [1.82, 2.24) is 0 Å². The molecule has 0 aliphatic heterocycles. The summed E-state index contributed by atoms with van der Waals surface area (Å²) < 4.78 is 42.2. The van der Waals surface area contributed by atoms with Crippen LogP contribution in [0.2, 0.25) is 0 Å². The molecule has 0 saturated heterocycles. The van der Waals surface area contributed by atoms with Gasteiger partial charge in [0.05, 0.1) is 4.90 Å². The van der Waals surface area contributed by atoms with Gasteiger partial charge < -0.3 is 10.5 Å². The monoisotopic (exact) mass is 310 g/mol. The maximum Gasteiger partial charge on any atom is 0.238 e. The highest BCUT2D eigenvalue weighted by atomic mass is 32.2. The number of hydrogen-bond acceptors (Lipinski definition) is 4. The van der Waals surface area contributed by atoms with Gasteiger partial charge in [0.1, 0.15) is 5.75 Å². The molecule has 5 nitrogen and oxygen atoms in total. The number of aryl methyl sites for hydroxylation is 1. The molecule has 0 bridgehead atoms. The molecule has 0 aromatic heterocycles. The fourth-order valence-corrected chi connectivity index (χ4v) is 2.72. The van der Waals surface area contributed by atoms with Crippen molar-refractivity contribution < 1.29 is 17.5 Å². The maximum atomic E-state index is 13.7. The summed E-state index contributed by atoms with van der Waals surface area (Å²) in [5.74, 6) is -0.424. The van der Waals surface area contributed by atoms with Crippen LogP contribution in [0.25, 0.3) is 0 Å². The number of nitrogens with two attached hydrogens (primary N) is 2. The Kier molecular flexibility index (Phi) is 3.89. The average molecular weight is 310 g/mol. The highest BCUT2D eigenvalue weighted by Gasteiger charge is 2.17. The van der Waals surface area contributed by atoms with Crippen LogP contribution < -0.4 is 15.6 Å². The lowest BCUT2D eigenvalue weighted by Gasteiger charge is -2.13. The van der Waals surface area contributed by atoms with E-state index in [1.54, 1.807) is 13.0 Å². The largest absolute Gasteiger partial charge is 0.454 e. The Morgan fingerprint density at radius 3 is 2.38 bits per heavy atom. The lowest BCUT2D eigenvalue weighted by Crippen LogP contribution is -2.14. The highest BCUT2D eigenvalue weighted by Crippen LogP contribution is 2.33. The average Bonchev–Trinajstić information content (AvgIpc) is 2.36. The molecule has 0 aliphatic carbocycles. The first-order valence-corrected chi connectivity index (χ1v) is 7.60. The molecular weight excluding hydrogens is 295 g/mol. The second-order valence-corrected chi connectivity index (χ2v) is 6.25. The van der Waals surface area contributed by atoms with Gasteiger partial charge in [-0.2, -0.15) is 0 Å². The minimum atomic E-state index is -3.94. The van der Waals surface area contributed by atoms with Crippen molar-refractivity contribution in [2.24, 2.45) is 5.14 Å². The van der Waals surface area contributed by atoms with E-state index in [4.69, 9.17) is 15.6 Å². The van der Waals surface area contributed by atoms with E-state index in [9.17, 15) is 12.8 Å². The van der Waals surface area contributed by atoms with E-state index in [1.807, 2.05) is 0 Å². The van der Waals surface area contributed by atoms with Crippen molar-refractivity contribution in [2.75, 3.05) is 5.73 Å². The van der Waals surface area contributed by atoms with Gasteiger partial charge in [0.15, 0.2) is 11.6 Å². The van der Waals surface area contributed by atoms with Crippen LogP contribution in [0.5, 0.6) is 11.5 Å². The molecule has 0 amide bonds. The SMILES string of the molecule is Cc1ccc(F)c(Oc2cc(N)cc(S(N)(=O)=O)c2C)c1. The molecule has 0 unspecified atom stereocenters. The molecule has 0 heterocycles. The first kappa shape index (κ1) is 15.3. The number of ether oxygens (including phenoxy) is 1. The molecule has 0 aliphatic rings. The molecule has 0 fully saturated rings. The molecule has 2 aromatic carbocycles. The number of hydrogen-bond donors (Lipinski definition) is 2. The fourth-order valence-electron chi connectivity index (χ4n) is 1.89. The number of benzene rings is 2. The van der Waals surface area contributed by atoms with Gasteiger partial charge in [0.25, 0.3) is 0 Å². The van der Waals surface area contributed by atoms with Crippen LogP contribution in [0.4, 0.5) is 10.1 Å². The zero-order valence-electron chi connectivity index (χ0n) is 11.6. The summed E-state index contributed by atoms with van der Waals surface area (Å²) in [6, 6.07) is 7.04. The molecule has 0 radical (unpaired) electrons. The van der Waals surface area contributed by atoms with Crippen molar-refractivity contribution in [3.63, 3.8) is 0 Å². The normalized spacial score (nSPS) is 11.4. The third-order valence-corrected chi connectivity index (χ3v) is 3.98. The van der Waals surface area contributed by atoms with Crippen molar-refractivity contribution >= 4 is 15.7 Å². The fraction of sp³-hybridized carbons (Fsp3) is 0.143. The second-order valence-electron chi connectivity index (χ2n) is 4.72. The van der Waals surface area contributed by atoms with Gasteiger partial charge in [-0.25, -0.2) is 17.9 Å². The van der Waals surface area contributed by atoms with Crippen molar-refractivity contribution in [1.29, 1.82) is 0 Å². The number of anilines is 1. The van der Waals surface area contributed by atoms with E-state index in [1.165, 1.54) is 31.2 Å². The van der Waals surface area contributed by atoms with Crippen LogP contribution in [-0.2, 0) is 10.0 Å². The van der Waals surface area contributed by atoms with E-state index in [0.717, 1.165) is 5.56 Å². The number of sulfonamides is 1. The van der Waals surface area contributed by atoms with Gasteiger partial charge in [-0.05, 0) is 37.6 Å². The van der Waals surface area contributed by atoms with Crippen LogP contribution in [0, 0.1) is 19.7 Å². The Morgan fingerprint density at radius 1 is 1.10 bits per heavy atom. The zero-order valence-corrected chi connectivity index (χ0v) is 12.4. The van der Waals surface area contributed by atoms with Gasteiger partial charge in [-0.3, -0.25) is 0 Å². The molecule has 0 saturated carbocycles. The summed E-state index contributed by atoms with van der Waals surface area (Å²) in [7, 11) is -3.94. The van der Waals surface area contributed by atoms with Gasteiger partial charge in [-0.15, -0.1) is 0 Å². The van der Waals surface area contributed by atoms with Crippen molar-refractivity contribution in [2.45, 2.75) is 18.7 Å². The molecular formula is C14H15FN2O3S. The Balaban J connectivity index is 2.55. The molecule has 112 valence electrons. The molecule has 0 atom stereocenters. The summed E-state index contributed by atoms with van der Waals surface area (Å²) in [5, 5.41) is 5.13. The number of rotatable bonds is 3. The zero-order chi connectivity index (χ0) is 15.8. The Bertz CT molecular complexity index is 804. The lowest BCUT2D eigenvalue weighted by molar-refractivity contribution is 0.438. The van der Waals surface area contributed by atoms with Crippen LogP contribution >= 0.6 is 0 Å². The highest BCUT2D eigenvalue weighted by molar-refractivity contribution is 7.89. The smallest absolute Gasteiger partial charge is 0.238 e. The molecule has 0 spiro atoms. The quantitative estimate of drug-likeness (QED) is 0.851. The van der Waals surface area contributed by atoms with Crippen LogP contribution in [0.1, 0.15) is 11.1 Å². The van der Waals surface area contributed by atoms with E-state index in [2.05, 4.69) is 0 Å². The standard InChI is InChI=1S/C14H15FN2O3S/c1-8-3-4-11(15)13(5-8)20-12-6-10(16)7-14(9(12)2)21(17,18)19/h3-7H,16H2,1-2H3,(H2,17,18,19). The van der Waals surface area contributed by atoms with Crippen LogP contribution in [0.3, 0.4) is 0 Å². The summed E-state index contributed by atoms with van der Waals surface area (Å²) >= 11 is 0. The predicted octanol–water partition coefficient (Wildman–Crippen LogP) is 2.46. The predicted molar refractivity (Wildman–Crippen MR) is 78.2 cm³/mol. The van der Waals surface area contributed by atoms with Crippen molar-refractivity contribution in [3.8, 4) is 11.5 Å². The minimum absolute atomic E-state index is 0.0101. The summed E-state index contributed by atoms with van der Waals surface area (Å²) in [6.45, 7) is 3.30. The Labute approximate surface area is 122 Å². The van der Waals surface area contributed by atoms with Gasteiger partial charge in [0, 0.05) is 17.3 Å². The van der Waals surface area contributed by atoms with Gasteiger partial charge in [0.2, 0.25) is 10.0 Å². The van der Waals surface area contributed by atoms with E-state index in [0.29, 0.717) is 0 Å². The first-order chi connectivity index (χ1) is 9.68. The molecule has 21 heavy (non-hydrogen) atoms. The third-order valence-electron chi connectivity index (χ3n) is 2.95. The number of halogens is 1. The van der Waals surface area contributed by atoms with Gasteiger partial charge >= 0.3 is 0 Å². The maximum absolute atomic E-state index is 13.7. The molecule has 7 heteroatoms. The number of primary sulfonamides is 1. The second kappa shape index (κ2) is 5.34. The van der Waals surface area contributed by atoms with E-state index < -0.39 is 15.8 Å². The van der Waals surface area contributed by atoms with E-state index >= 15 is 0 Å². The third kappa shape index (κ3) is 3.32. The van der Waals surface area contributed by atoms with Crippen LogP contribution in [0.15, 0.2) is 35.2 Å². The molecule has 2 rings (SSSR count). The minimum Gasteiger partial charge on any atom is -0.454 e. The molecule has 4 N–H and O–H groups in total. The summed E-state index contributed by atoms with van der Waals surface area (Å²) in [4.78, 5) is -0.148. The van der Waals surface area contributed by atoms with Crippen molar-refractivity contribution in [3.05, 3.63) is 47.3 Å². The van der Waals surface area contributed by atoms with Crippen LogP contribution in [-0.4, -0.2) is 8.42 Å². The molecule has 2 aromatic rings. The topological polar surface area (TPSA) is 95.4 Å².